The zero-order chi connectivity index (χ0) is 11.7. The molecule has 4 nitrogen and oxygen atoms in total. The van der Waals surface area contributed by atoms with Crippen LogP contribution in [0.5, 0.6) is 0 Å². The Balaban J connectivity index is 2.33. The molecule has 1 aromatic carbocycles. The van der Waals surface area contributed by atoms with Crippen LogP contribution in [0.4, 0.5) is 16.2 Å². The van der Waals surface area contributed by atoms with Crippen LogP contribution in [0.15, 0.2) is 18.2 Å². The van der Waals surface area contributed by atoms with E-state index in [0.717, 1.165) is 16.9 Å². The van der Waals surface area contributed by atoms with Gasteiger partial charge in [-0.15, -0.1) is 0 Å². The minimum atomic E-state index is -0.528. The summed E-state index contributed by atoms with van der Waals surface area (Å²) in [6, 6.07) is 5.41. The second-order valence-electron chi connectivity index (χ2n) is 3.70. The molecule has 1 aliphatic rings. The van der Waals surface area contributed by atoms with Crippen LogP contribution in [0.25, 0.3) is 0 Å². The normalized spacial score (nSPS) is 14.0. The number of halogens is 1. The first-order valence-electron chi connectivity index (χ1n) is 4.94. The Bertz CT molecular complexity index is 459. The molecule has 0 aliphatic carbocycles. The molecule has 5 heteroatoms. The van der Waals surface area contributed by atoms with Crippen molar-refractivity contribution >= 4 is 34.2 Å². The summed E-state index contributed by atoms with van der Waals surface area (Å²) < 4.78 is 0. The van der Waals surface area contributed by atoms with Gasteiger partial charge in [-0.05, 0) is 41.8 Å². The number of fused-ring (bicyclic) bond motifs is 1. The van der Waals surface area contributed by atoms with Crippen molar-refractivity contribution in [2.45, 2.75) is 12.8 Å². The number of nitrogens with zero attached hydrogens (tertiary/aromatic N) is 1. The number of hydrogen-bond acceptors (Lipinski definition) is 2. The quantitative estimate of drug-likeness (QED) is 0.603. The van der Waals surface area contributed by atoms with Gasteiger partial charge in [-0.25, -0.2) is 0 Å². The first-order chi connectivity index (χ1) is 7.58. The lowest BCUT2D eigenvalue weighted by Crippen LogP contribution is -2.22. The summed E-state index contributed by atoms with van der Waals surface area (Å²) in [5.41, 5.74) is 2.58. The van der Waals surface area contributed by atoms with Gasteiger partial charge in [0, 0.05) is 24.8 Å². The van der Waals surface area contributed by atoms with Gasteiger partial charge in [0.25, 0.3) is 0 Å². The van der Waals surface area contributed by atoms with Crippen molar-refractivity contribution in [3.63, 3.8) is 0 Å². The highest BCUT2D eigenvalue weighted by atomic mass is 35.5. The highest BCUT2D eigenvalue weighted by Gasteiger charge is 2.16. The molecule has 0 spiro atoms. The van der Waals surface area contributed by atoms with Crippen molar-refractivity contribution in [1.82, 2.24) is 0 Å². The van der Waals surface area contributed by atoms with Crippen molar-refractivity contribution in [2.75, 3.05) is 17.3 Å². The summed E-state index contributed by atoms with van der Waals surface area (Å²) in [4.78, 5) is 23.5. The van der Waals surface area contributed by atoms with Crippen LogP contribution in [-0.4, -0.2) is 18.3 Å². The zero-order valence-electron chi connectivity index (χ0n) is 8.79. The van der Waals surface area contributed by atoms with Gasteiger partial charge in [-0.3, -0.25) is 9.59 Å². The van der Waals surface area contributed by atoms with Crippen LogP contribution in [0, 0.1) is 0 Å². The van der Waals surface area contributed by atoms with E-state index in [1.54, 1.807) is 19.2 Å². The molecule has 0 saturated carbocycles. The third-order valence-corrected chi connectivity index (χ3v) is 2.89. The molecule has 0 unspecified atom stereocenters. The summed E-state index contributed by atoms with van der Waals surface area (Å²) in [5.74, 6) is 0.0297. The third-order valence-electron chi connectivity index (χ3n) is 2.64. The predicted molar refractivity (Wildman–Crippen MR) is 63.0 cm³/mol. The molecule has 0 fully saturated rings. The zero-order valence-corrected chi connectivity index (χ0v) is 9.54. The van der Waals surface area contributed by atoms with E-state index < -0.39 is 5.37 Å². The fraction of sp³-hybridized carbons (Fsp3) is 0.273. The minimum absolute atomic E-state index is 0.0297. The van der Waals surface area contributed by atoms with Crippen molar-refractivity contribution in [3.8, 4) is 0 Å². The number of benzene rings is 1. The molecule has 1 heterocycles. The molecule has 0 radical (unpaired) electrons. The number of carbonyl (C=O) groups excluding carboxylic acids is 2. The van der Waals surface area contributed by atoms with Crippen molar-refractivity contribution < 1.29 is 9.59 Å². The lowest BCUT2D eigenvalue weighted by molar-refractivity contribution is -0.116. The van der Waals surface area contributed by atoms with E-state index >= 15 is 0 Å². The molecule has 1 N–H and O–H groups in total. The van der Waals surface area contributed by atoms with E-state index in [2.05, 4.69) is 5.32 Å². The molecule has 2 amide bonds. The van der Waals surface area contributed by atoms with E-state index in [1.807, 2.05) is 6.07 Å². The smallest absolute Gasteiger partial charge is 0.320 e. The molecule has 0 aromatic heterocycles. The SMILES string of the molecule is CN(C(=O)Cl)c1ccc2c(c1)CCC(=O)N2. The second-order valence-corrected chi connectivity index (χ2v) is 4.02. The summed E-state index contributed by atoms with van der Waals surface area (Å²) >= 11 is 5.39. The van der Waals surface area contributed by atoms with Gasteiger partial charge >= 0.3 is 5.37 Å². The van der Waals surface area contributed by atoms with Gasteiger partial charge in [0.1, 0.15) is 0 Å². The van der Waals surface area contributed by atoms with E-state index in [0.29, 0.717) is 12.8 Å². The lowest BCUT2D eigenvalue weighted by Gasteiger charge is -2.20. The topological polar surface area (TPSA) is 49.4 Å². The molecular formula is C11H11ClN2O2. The van der Waals surface area contributed by atoms with Gasteiger partial charge in [0.2, 0.25) is 5.91 Å². The number of carbonyl (C=O) groups is 2. The van der Waals surface area contributed by atoms with E-state index in [9.17, 15) is 9.59 Å². The fourth-order valence-corrected chi connectivity index (χ4v) is 1.78. The van der Waals surface area contributed by atoms with Gasteiger partial charge in [-0.1, -0.05) is 0 Å². The van der Waals surface area contributed by atoms with Crippen LogP contribution in [0.2, 0.25) is 0 Å². The van der Waals surface area contributed by atoms with E-state index in [1.165, 1.54) is 4.90 Å². The fourth-order valence-electron chi connectivity index (χ4n) is 1.68. The number of nitrogens with one attached hydrogen (secondary N) is 1. The van der Waals surface area contributed by atoms with Crippen molar-refractivity contribution in [2.24, 2.45) is 0 Å². The summed E-state index contributed by atoms with van der Waals surface area (Å²) in [6.07, 6.45) is 1.17. The van der Waals surface area contributed by atoms with E-state index in [-0.39, 0.29) is 5.91 Å². The highest BCUT2D eigenvalue weighted by molar-refractivity contribution is 6.66. The molecule has 0 bridgehead atoms. The number of hydrogen-bond donors (Lipinski definition) is 1. The number of aryl methyl sites for hydroxylation is 1. The molecule has 1 aliphatic heterocycles. The molecule has 0 atom stereocenters. The number of anilines is 2. The maximum atomic E-state index is 11.2. The van der Waals surface area contributed by atoms with Crippen LogP contribution >= 0.6 is 11.6 Å². The highest BCUT2D eigenvalue weighted by Crippen LogP contribution is 2.27. The average molecular weight is 239 g/mol. The second kappa shape index (κ2) is 4.14. The van der Waals surface area contributed by atoms with Crippen molar-refractivity contribution in [3.05, 3.63) is 23.8 Å². The van der Waals surface area contributed by atoms with Gasteiger partial charge < -0.3 is 10.2 Å². The molecular weight excluding hydrogens is 228 g/mol. The molecule has 84 valence electrons. The Hall–Kier alpha value is -1.55. The maximum Gasteiger partial charge on any atom is 0.320 e. The standard InChI is InChI=1S/C11H11ClN2O2/c1-14(11(12)16)8-3-4-9-7(6-8)2-5-10(15)13-9/h3-4,6H,2,5H2,1H3,(H,13,15). The van der Waals surface area contributed by atoms with Gasteiger partial charge in [-0.2, -0.15) is 0 Å². The Labute approximate surface area is 98.2 Å². The Morgan fingerprint density at radius 2 is 2.19 bits per heavy atom. The molecule has 0 saturated heterocycles. The number of rotatable bonds is 1. The minimum Gasteiger partial charge on any atom is -0.326 e. The van der Waals surface area contributed by atoms with Crippen LogP contribution in [0.1, 0.15) is 12.0 Å². The largest absolute Gasteiger partial charge is 0.326 e. The Morgan fingerprint density at radius 1 is 1.44 bits per heavy atom. The Kier molecular flexibility index (Phi) is 2.83. The molecule has 1 aromatic rings. The van der Waals surface area contributed by atoms with E-state index in [4.69, 9.17) is 11.6 Å². The third kappa shape index (κ3) is 2.02. The van der Waals surface area contributed by atoms with Gasteiger partial charge in [0.15, 0.2) is 0 Å². The molecule has 2 rings (SSSR count). The van der Waals surface area contributed by atoms with Crippen LogP contribution in [-0.2, 0) is 11.2 Å². The van der Waals surface area contributed by atoms with Crippen LogP contribution in [0.3, 0.4) is 0 Å². The summed E-state index contributed by atoms with van der Waals surface area (Å²) in [5, 5.41) is 2.25. The average Bonchev–Trinajstić information content (AvgIpc) is 2.27. The first-order valence-corrected chi connectivity index (χ1v) is 5.31. The molecule has 16 heavy (non-hydrogen) atoms. The number of amides is 2. The lowest BCUT2D eigenvalue weighted by atomic mass is 10.0. The predicted octanol–water partition coefficient (Wildman–Crippen LogP) is 2.37. The summed E-state index contributed by atoms with van der Waals surface area (Å²) in [6.45, 7) is 0. The monoisotopic (exact) mass is 238 g/mol. The van der Waals surface area contributed by atoms with Crippen LogP contribution < -0.4 is 10.2 Å². The summed E-state index contributed by atoms with van der Waals surface area (Å²) in [7, 11) is 1.61. The Morgan fingerprint density at radius 3 is 2.88 bits per heavy atom. The van der Waals surface area contributed by atoms with Crippen molar-refractivity contribution in [1.29, 1.82) is 0 Å². The first kappa shape index (κ1) is 11.0. The maximum absolute atomic E-state index is 11.2. The van der Waals surface area contributed by atoms with Gasteiger partial charge in [0.05, 0.1) is 0 Å².